The van der Waals surface area contributed by atoms with Gasteiger partial charge in [-0.2, -0.15) is 0 Å². The minimum Gasteiger partial charge on any atom is -0.449 e. The Hall–Kier alpha value is -1.19. The molecule has 1 atom stereocenters. The molecule has 98 valence electrons. The maximum absolute atomic E-state index is 11.4. The molecule has 0 aromatic rings. The Balaban J connectivity index is 3.49. The molecule has 1 unspecified atom stereocenters. The molecular formula is C13H22O4. The van der Waals surface area contributed by atoms with Crippen LogP contribution in [0.3, 0.4) is 0 Å². The molecule has 4 heteroatoms. The summed E-state index contributed by atoms with van der Waals surface area (Å²) in [7, 11) is 0. The van der Waals surface area contributed by atoms with E-state index in [4.69, 9.17) is 0 Å². The Morgan fingerprint density at radius 1 is 1.06 bits per heavy atom. The summed E-state index contributed by atoms with van der Waals surface area (Å²) in [6.45, 7) is 2.31. The third kappa shape index (κ3) is 8.60. The monoisotopic (exact) mass is 242 g/mol. The van der Waals surface area contributed by atoms with E-state index >= 15 is 0 Å². The molecule has 0 aliphatic rings. The second kappa shape index (κ2) is 11.3. The van der Waals surface area contributed by atoms with Gasteiger partial charge in [-0.1, -0.05) is 45.4 Å². The Morgan fingerprint density at radius 3 is 2.18 bits per heavy atom. The first-order chi connectivity index (χ1) is 8.26. The molecule has 0 amide bonds. The first-order valence-corrected chi connectivity index (χ1v) is 6.33. The molecule has 0 aromatic heterocycles. The van der Waals surface area contributed by atoms with Crippen LogP contribution in [0.5, 0.6) is 0 Å². The topological polar surface area (TPSA) is 60.4 Å². The number of Topliss-reactive ketones (excluding diaryl/α,β-unsaturated/α-hetero) is 1. The van der Waals surface area contributed by atoms with Gasteiger partial charge < -0.3 is 4.74 Å². The first-order valence-electron chi connectivity index (χ1n) is 6.33. The normalized spacial score (nSPS) is 11.8. The zero-order valence-electron chi connectivity index (χ0n) is 10.5. The second-order valence-corrected chi connectivity index (χ2v) is 4.13. The van der Waals surface area contributed by atoms with Crippen LogP contribution in [0.15, 0.2) is 0 Å². The van der Waals surface area contributed by atoms with Crippen LogP contribution in [0, 0.1) is 0 Å². The highest BCUT2D eigenvalue weighted by molar-refractivity contribution is 5.96. The Kier molecular flexibility index (Phi) is 10.5. The van der Waals surface area contributed by atoms with E-state index in [1.807, 2.05) is 0 Å². The van der Waals surface area contributed by atoms with Gasteiger partial charge in [-0.05, 0) is 6.42 Å². The van der Waals surface area contributed by atoms with Crippen molar-refractivity contribution in [1.29, 1.82) is 0 Å². The summed E-state index contributed by atoms with van der Waals surface area (Å²) < 4.78 is 4.36. The molecule has 0 aromatic carbocycles. The van der Waals surface area contributed by atoms with Crippen LogP contribution in [-0.4, -0.2) is 24.6 Å². The highest BCUT2D eigenvalue weighted by Crippen LogP contribution is 2.09. The molecule has 0 saturated carbocycles. The lowest BCUT2D eigenvalue weighted by Crippen LogP contribution is -2.25. The maximum Gasteiger partial charge on any atom is 0.294 e. The molecule has 17 heavy (non-hydrogen) atoms. The maximum atomic E-state index is 11.4. The summed E-state index contributed by atoms with van der Waals surface area (Å²) in [4.78, 5) is 31.8. The highest BCUT2D eigenvalue weighted by atomic mass is 16.5. The number of ketones is 1. The van der Waals surface area contributed by atoms with Crippen LogP contribution < -0.4 is 0 Å². The summed E-state index contributed by atoms with van der Waals surface area (Å²) in [6, 6.07) is 0. The molecule has 0 heterocycles. The van der Waals surface area contributed by atoms with Crippen LogP contribution >= 0.6 is 0 Å². The molecular weight excluding hydrogens is 220 g/mol. The molecule has 0 aliphatic heterocycles. The van der Waals surface area contributed by atoms with Crippen LogP contribution in [0.1, 0.15) is 58.3 Å². The standard InChI is InChI=1S/C13H22O4/c1-2-3-4-5-6-7-8-9-12(16)13(10-14)17-11-15/h10-11,13H,2-9H2,1H3. The fraction of sp³-hybridized carbons (Fsp3) is 0.769. The Bertz CT molecular complexity index is 225. The van der Waals surface area contributed by atoms with Gasteiger partial charge in [0.25, 0.3) is 6.47 Å². The average molecular weight is 242 g/mol. The number of rotatable bonds is 12. The van der Waals surface area contributed by atoms with Crippen molar-refractivity contribution in [3.63, 3.8) is 0 Å². The van der Waals surface area contributed by atoms with Gasteiger partial charge in [0.2, 0.25) is 6.10 Å². The SMILES string of the molecule is CCCCCCCCCC(=O)C(C=O)OC=O. The molecule has 4 nitrogen and oxygen atoms in total. The van der Waals surface area contributed by atoms with Crippen LogP contribution in [-0.2, 0) is 19.1 Å². The van der Waals surface area contributed by atoms with Crippen molar-refractivity contribution in [2.75, 3.05) is 0 Å². The van der Waals surface area contributed by atoms with E-state index in [-0.39, 0.29) is 12.3 Å². The number of unbranched alkanes of at least 4 members (excludes halogenated alkanes) is 6. The van der Waals surface area contributed by atoms with Gasteiger partial charge >= 0.3 is 0 Å². The van der Waals surface area contributed by atoms with Gasteiger partial charge in [0.15, 0.2) is 12.1 Å². The third-order valence-corrected chi connectivity index (χ3v) is 2.67. The third-order valence-electron chi connectivity index (χ3n) is 2.67. The molecule has 0 spiro atoms. The summed E-state index contributed by atoms with van der Waals surface area (Å²) >= 11 is 0. The van der Waals surface area contributed by atoms with Gasteiger partial charge in [-0.3, -0.25) is 14.4 Å². The van der Waals surface area contributed by atoms with E-state index in [0.29, 0.717) is 12.7 Å². The van der Waals surface area contributed by atoms with Crippen LogP contribution in [0.4, 0.5) is 0 Å². The Morgan fingerprint density at radius 2 is 1.65 bits per heavy atom. The van der Waals surface area contributed by atoms with Crippen molar-refractivity contribution < 1.29 is 19.1 Å². The number of hydrogen-bond donors (Lipinski definition) is 0. The minimum atomic E-state index is -1.20. The van der Waals surface area contributed by atoms with E-state index in [9.17, 15) is 14.4 Å². The van der Waals surface area contributed by atoms with Gasteiger partial charge in [-0.15, -0.1) is 0 Å². The van der Waals surface area contributed by atoms with Crippen molar-refractivity contribution in [1.82, 2.24) is 0 Å². The smallest absolute Gasteiger partial charge is 0.294 e. The van der Waals surface area contributed by atoms with E-state index in [0.717, 1.165) is 19.3 Å². The zero-order valence-corrected chi connectivity index (χ0v) is 10.5. The number of carbonyl (C=O) groups is 3. The van der Waals surface area contributed by atoms with E-state index in [2.05, 4.69) is 11.7 Å². The molecule has 0 fully saturated rings. The van der Waals surface area contributed by atoms with Crippen molar-refractivity contribution in [2.24, 2.45) is 0 Å². The highest BCUT2D eigenvalue weighted by Gasteiger charge is 2.17. The quantitative estimate of drug-likeness (QED) is 0.299. The summed E-state index contributed by atoms with van der Waals surface area (Å²) in [5.74, 6) is -0.305. The Labute approximate surface area is 103 Å². The molecule has 0 bridgehead atoms. The van der Waals surface area contributed by atoms with Gasteiger partial charge in [-0.25, -0.2) is 0 Å². The molecule has 0 N–H and O–H groups in total. The van der Waals surface area contributed by atoms with Crippen molar-refractivity contribution >= 4 is 18.5 Å². The number of hydrogen-bond acceptors (Lipinski definition) is 4. The lowest BCUT2D eigenvalue weighted by Gasteiger charge is -2.06. The van der Waals surface area contributed by atoms with Crippen LogP contribution in [0.25, 0.3) is 0 Å². The van der Waals surface area contributed by atoms with Crippen molar-refractivity contribution in [3.8, 4) is 0 Å². The predicted octanol–water partition coefficient (Wildman–Crippen LogP) is 2.44. The summed E-state index contributed by atoms with van der Waals surface area (Å²) in [5, 5.41) is 0. The lowest BCUT2D eigenvalue weighted by molar-refractivity contribution is -0.147. The van der Waals surface area contributed by atoms with Crippen molar-refractivity contribution in [3.05, 3.63) is 0 Å². The first kappa shape index (κ1) is 15.8. The van der Waals surface area contributed by atoms with Gasteiger partial charge in [0, 0.05) is 6.42 Å². The minimum absolute atomic E-state index is 0.141. The molecule has 0 aliphatic carbocycles. The second-order valence-electron chi connectivity index (χ2n) is 4.13. The zero-order chi connectivity index (χ0) is 12.9. The van der Waals surface area contributed by atoms with E-state index in [1.54, 1.807) is 0 Å². The fourth-order valence-corrected chi connectivity index (χ4v) is 1.64. The number of aldehydes is 1. The fourth-order valence-electron chi connectivity index (χ4n) is 1.64. The lowest BCUT2D eigenvalue weighted by atomic mass is 10.1. The largest absolute Gasteiger partial charge is 0.449 e. The molecule has 0 saturated heterocycles. The van der Waals surface area contributed by atoms with Crippen molar-refractivity contribution in [2.45, 2.75) is 64.4 Å². The summed E-state index contributed by atoms with van der Waals surface area (Å²) in [6.07, 6.45) is 7.28. The number of carbonyl (C=O) groups excluding carboxylic acids is 3. The van der Waals surface area contributed by atoms with Gasteiger partial charge in [0.05, 0.1) is 0 Å². The summed E-state index contributed by atoms with van der Waals surface area (Å²) in [5.41, 5.74) is 0. The predicted molar refractivity (Wildman–Crippen MR) is 64.6 cm³/mol. The van der Waals surface area contributed by atoms with Crippen LogP contribution in [0.2, 0.25) is 0 Å². The number of ether oxygens (including phenoxy) is 1. The van der Waals surface area contributed by atoms with E-state index in [1.165, 1.54) is 25.7 Å². The molecule has 0 rings (SSSR count). The van der Waals surface area contributed by atoms with Gasteiger partial charge in [0.1, 0.15) is 0 Å². The average Bonchev–Trinajstić information content (AvgIpc) is 2.34. The van der Waals surface area contributed by atoms with E-state index < -0.39 is 6.10 Å². The molecule has 0 radical (unpaired) electrons.